The lowest BCUT2D eigenvalue weighted by Crippen LogP contribution is -2.47. The van der Waals surface area contributed by atoms with Gasteiger partial charge in [-0.1, -0.05) is 46.5 Å². The molecule has 108 valence electrons. The maximum absolute atomic E-state index is 6.01. The summed E-state index contributed by atoms with van der Waals surface area (Å²) in [5.41, 5.74) is 6.01. The molecule has 0 amide bonds. The van der Waals surface area contributed by atoms with Gasteiger partial charge >= 0.3 is 0 Å². The Labute approximate surface area is 114 Å². The zero-order valence-corrected chi connectivity index (χ0v) is 12.8. The van der Waals surface area contributed by atoms with E-state index in [4.69, 9.17) is 5.73 Å². The summed E-state index contributed by atoms with van der Waals surface area (Å²) < 4.78 is 0. The van der Waals surface area contributed by atoms with Crippen molar-refractivity contribution < 1.29 is 0 Å². The maximum atomic E-state index is 6.01. The molecule has 2 N–H and O–H groups in total. The summed E-state index contributed by atoms with van der Waals surface area (Å²) in [7, 11) is 0. The van der Waals surface area contributed by atoms with Gasteiger partial charge in [0.05, 0.1) is 0 Å². The van der Waals surface area contributed by atoms with Gasteiger partial charge < -0.3 is 10.6 Å². The monoisotopic (exact) mass is 254 g/mol. The first-order chi connectivity index (χ1) is 8.76. The molecule has 1 aliphatic rings. The van der Waals surface area contributed by atoms with Crippen molar-refractivity contribution in [2.45, 2.75) is 71.8 Å². The Hall–Kier alpha value is -0.0800. The van der Waals surface area contributed by atoms with E-state index < -0.39 is 0 Å². The molecule has 0 aromatic heterocycles. The van der Waals surface area contributed by atoms with E-state index in [0.29, 0.717) is 0 Å². The first-order valence-electron chi connectivity index (χ1n) is 8.20. The van der Waals surface area contributed by atoms with Crippen molar-refractivity contribution in [1.82, 2.24) is 4.90 Å². The summed E-state index contributed by atoms with van der Waals surface area (Å²) in [6, 6.07) is 0.761. The van der Waals surface area contributed by atoms with Crippen LogP contribution in [0.2, 0.25) is 0 Å². The molecule has 1 saturated carbocycles. The van der Waals surface area contributed by atoms with E-state index in [0.717, 1.165) is 24.4 Å². The zero-order valence-electron chi connectivity index (χ0n) is 12.8. The SMILES string of the molecule is CCCCN(CC)C1CC(CCC)CCC1CN. The molecule has 0 aromatic carbocycles. The van der Waals surface area contributed by atoms with Crippen molar-refractivity contribution in [3.63, 3.8) is 0 Å². The maximum Gasteiger partial charge on any atom is 0.0138 e. The predicted molar refractivity (Wildman–Crippen MR) is 80.7 cm³/mol. The Balaban J connectivity index is 2.58. The van der Waals surface area contributed by atoms with Crippen LogP contribution in [0.25, 0.3) is 0 Å². The molecule has 0 spiro atoms. The Morgan fingerprint density at radius 3 is 2.44 bits per heavy atom. The van der Waals surface area contributed by atoms with E-state index in [-0.39, 0.29) is 0 Å². The van der Waals surface area contributed by atoms with Crippen LogP contribution in [0.1, 0.15) is 65.7 Å². The smallest absolute Gasteiger partial charge is 0.0138 e. The molecule has 2 nitrogen and oxygen atoms in total. The van der Waals surface area contributed by atoms with Crippen LogP contribution >= 0.6 is 0 Å². The lowest BCUT2D eigenvalue weighted by atomic mass is 9.76. The van der Waals surface area contributed by atoms with Crippen LogP contribution < -0.4 is 5.73 Å². The summed E-state index contributed by atoms with van der Waals surface area (Å²) in [5, 5.41) is 0. The second-order valence-electron chi connectivity index (χ2n) is 6.01. The van der Waals surface area contributed by atoms with Gasteiger partial charge in [0.1, 0.15) is 0 Å². The average Bonchev–Trinajstić information content (AvgIpc) is 2.40. The minimum Gasteiger partial charge on any atom is -0.330 e. The van der Waals surface area contributed by atoms with Gasteiger partial charge in [-0.2, -0.15) is 0 Å². The number of unbranched alkanes of at least 4 members (excludes halogenated alkanes) is 1. The van der Waals surface area contributed by atoms with Crippen molar-refractivity contribution in [3.8, 4) is 0 Å². The Morgan fingerprint density at radius 2 is 1.89 bits per heavy atom. The third-order valence-corrected chi connectivity index (χ3v) is 4.74. The third-order valence-electron chi connectivity index (χ3n) is 4.74. The molecule has 0 bridgehead atoms. The van der Waals surface area contributed by atoms with Crippen LogP contribution in [0.15, 0.2) is 0 Å². The fraction of sp³-hybridized carbons (Fsp3) is 1.00. The lowest BCUT2D eigenvalue weighted by Gasteiger charge is -2.42. The fourth-order valence-corrected chi connectivity index (χ4v) is 3.61. The summed E-state index contributed by atoms with van der Waals surface area (Å²) >= 11 is 0. The normalized spacial score (nSPS) is 28.8. The number of rotatable bonds is 8. The average molecular weight is 254 g/mol. The number of nitrogens with zero attached hydrogens (tertiary/aromatic N) is 1. The molecular formula is C16H34N2. The second kappa shape index (κ2) is 8.92. The van der Waals surface area contributed by atoms with Crippen molar-refractivity contribution in [2.75, 3.05) is 19.6 Å². The minimum atomic E-state index is 0.745. The molecule has 3 unspecified atom stereocenters. The van der Waals surface area contributed by atoms with Gasteiger partial charge in [-0.05, 0) is 50.7 Å². The van der Waals surface area contributed by atoms with Crippen LogP contribution in [-0.4, -0.2) is 30.6 Å². The Bertz CT molecular complexity index is 205. The minimum absolute atomic E-state index is 0.745. The highest BCUT2D eigenvalue weighted by Gasteiger charge is 2.32. The predicted octanol–water partition coefficient (Wildman–Crippen LogP) is 3.65. The molecule has 0 aromatic rings. The fourth-order valence-electron chi connectivity index (χ4n) is 3.61. The van der Waals surface area contributed by atoms with E-state index in [1.54, 1.807) is 0 Å². The highest BCUT2D eigenvalue weighted by atomic mass is 15.2. The van der Waals surface area contributed by atoms with Crippen molar-refractivity contribution in [3.05, 3.63) is 0 Å². The van der Waals surface area contributed by atoms with Crippen molar-refractivity contribution in [1.29, 1.82) is 0 Å². The Morgan fingerprint density at radius 1 is 1.11 bits per heavy atom. The summed E-state index contributed by atoms with van der Waals surface area (Å²) in [6.07, 6.45) is 9.55. The number of hydrogen-bond acceptors (Lipinski definition) is 2. The van der Waals surface area contributed by atoms with Gasteiger partial charge in [0.15, 0.2) is 0 Å². The largest absolute Gasteiger partial charge is 0.330 e. The van der Waals surface area contributed by atoms with Gasteiger partial charge in [-0.3, -0.25) is 0 Å². The van der Waals surface area contributed by atoms with Crippen molar-refractivity contribution in [2.24, 2.45) is 17.6 Å². The van der Waals surface area contributed by atoms with Gasteiger partial charge in [-0.15, -0.1) is 0 Å². The first kappa shape index (κ1) is 16.0. The van der Waals surface area contributed by atoms with Crippen molar-refractivity contribution >= 4 is 0 Å². The zero-order chi connectivity index (χ0) is 13.4. The molecule has 1 fully saturated rings. The van der Waals surface area contributed by atoms with Crippen LogP contribution in [0, 0.1) is 11.8 Å². The topological polar surface area (TPSA) is 29.3 Å². The number of nitrogens with two attached hydrogens (primary N) is 1. The summed E-state index contributed by atoms with van der Waals surface area (Å²) in [6.45, 7) is 10.3. The van der Waals surface area contributed by atoms with Crippen LogP contribution in [-0.2, 0) is 0 Å². The molecule has 0 saturated heterocycles. The number of hydrogen-bond donors (Lipinski definition) is 1. The van der Waals surface area contributed by atoms with Crippen LogP contribution in [0.4, 0.5) is 0 Å². The van der Waals surface area contributed by atoms with Gasteiger partial charge in [0.2, 0.25) is 0 Å². The highest BCUT2D eigenvalue weighted by Crippen LogP contribution is 2.34. The van der Waals surface area contributed by atoms with Gasteiger partial charge in [0, 0.05) is 6.04 Å². The van der Waals surface area contributed by atoms with Crippen LogP contribution in [0.5, 0.6) is 0 Å². The molecule has 1 aliphatic carbocycles. The third kappa shape index (κ3) is 4.55. The molecule has 2 heteroatoms. The quantitative estimate of drug-likeness (QED) is 0.716. The lowest BCUT2D eigenvalue weighted by molar-refractivity contribution is 0.0819. The molecule has 0 radical (unpaired) electrons. The van der Waals surface area contributed by atoms with E-state index >= 15 is 0 Å². The molecular weight excluding hydrogens is 220 g/mol. The Kier molecular flexibility index (Phi) is 7.92. The van der Waals surface area contributed by atoms with Gasteiger partial charge in [-0.25, -0.2) is 0 Å². The molecule has 0 heterocycles. The van der Waals surface area contributed by atoms with E-state index in [1.807, 2.05) is 0 Å². The molecule has 1 rings (SSSR count). The van der Waals surface area contributed by atoms with E-state index in [1.165, 1.54) is 58.0 Å². The van der Waals surface area contributed by atoms with E-state index in [2.05, 4.69) is 25.7 Å². The summed E-state index contributed by atoms with van der Waals surface area (Å²) in [5.74, 6) is 1.70. The standard InChI is InChI=1S/C16H34N2/c1-4-7-11-18(6-3)16-12-14(8-5-2)9-10-15(16)13-17/h14-16H,4-13,17H2,1-3H3. The summed E-state index contributed by atoms with van der Waals surface area (Å²) in [4.78, 5) is 2.71. The molecule has 18 heavy (non-hydrogen) atoms. The second-order valence-corrected chi connectivity index (χ2v) is 6.01. The molecule has 0 aliphatic heterocycles. The molecule has 3 atom stereocenters. The van der Waals surface area contributed by atoms with Gasteiger partial charge in [0.25, 0.3) is 0 Å². The highest BCUT2D eigenvalue weighted by molar-refractivity contribution is 4.87. The first-order valence-corrected chi connectivity index (χ1v) is 8.20. The van der Waals surface area contributed by atoms with E-state index in [9.17, 15) is 0 Å². The van der Waals surface area contributed by atoms with Crippen LogP contribution in [0.3, 0.4) is 0 Å².